The molecule has 3 N–H and O–H groups in total. The van der Waals surface area contributed by atoms with E-state index >= 15 is 4.39 Å². The van der Waals surface area contributed by atoms with Crippen LogP contribution in [0.4, 0.5) is 16.2 Å². The number of anilines is 2. The number of nitrogens with zero attached hydrogens (tertiary/aromatic N) is 6. The van der Waals surface area contributed by atoms with Crippen LogP contribution < -0.4 is 20.3 Å². The number of benzene rings is 4. The number of fused-ring (bicyclic) bond motifs is 2. The van der Waals surface area contributed by atoms with Crippen molar-refractivity contribution in [2.75, 3.05) is 89.6 Å². The van der Waals surface area contributed by atoms with Gasteiger partial charge in [-0.25, -0.2) is 14.4 Å². The van der Waals surface area contributed by atoms with E-state index in [9.17, 15) is 19.5 Å². The fourth-order valence-corrected chi connectivity index (χ4v) is 8.77. The number of likely N-dealkylation sites (N-methyl/N-ethyl adjacent to an activating group) is 1. The number of aromatic nitrogens is 3. The second-order valence-electron chi connectivity index (χ2n) is 15.4. The van der Waals surface area contributed by atoms with Gasteiger partial charge in [0.2, 0.25) is 24.2 Å². The van der Waals surface area contributed by atoms with E-state index in [2.05, 4.69) is 20.6 Å². The van der Waals surface area contributed by atoms with Gasteiger partial charge in [-0.1, -0.05) is 54.9 Å². The van der Waals surface area contributed by atoms with Gasteiger partial charge in [-0.2, -0.15) is 4.98 Å². The molecule has 2 aromatic heterocycles. The molecule has 1 aliphatic heterocycles. The predicted molar refractivity (Wildman–Crippen MR) is 251 cm³/mol. The quantitative estimate of drug-likeness (QED) is 0.0497. The maximum atomic E-state index is 16.9. The number of aryl methyl sites for hydroxylation is 1. The first-order valence-electron chi connectivity index (χ1n) is 21.5. The molecule has 18 heteroatoms. The van der Waals surface area contributed by atoms with Crippen LogP contribution in [-0.4, -0.2) is 127 Å². The molecule has 1 aliphatic rings. The number of thiazole rings is 1. The van der Waals surface area contributed by atoms with E-state index in [0.717, 1.165) is 27.1 Å². The Morgan fingerprint density at radius 2 is 1.75 bits per heavy atom. The Labute approximate surface area is 385 Å². The lowest BCUT2D eigenvalue weighted by Crippen LogP contribution is -2.49. The highest BCUT2D eigenvalue weighted by molar-refractivity contribution is 7.13. The summed E-state index contributed by atoms with van der Waals surface area (Å²) in [5.41, 5.74) is 5.12. The number of hydrogen-bond donors (Lipinski definition) is 3. The first kappa shape index (κ1) is 46.8. The molecule has 0 atom stereocenters. The van der Waals surface area contributed by atoms with Crippen molar-refractivity contribution < 1.29 is 38.1 Å². The topological polar surface area (TPSA) is 172 Å². The summed E-state index contributed by atoms with van der Waals surface area (Å²) < 4.78 is 34.4. The first-order valence-corrected chi connectivity index (χ1v) is 22.7. The molecule has 0 saturated carbocycles. The Bertz CT molecular complexity index is 2640. The normalized spacial score (nSPS) is 12.8. The molecule has 65 heavy (non-hydrogen) atoms. The Morgan fingerprint density at radius 1 is 0.985 bits per heavy atom. The van der Waals surface area contributed by atoms with Crippen molar-refractivity contribution in [1.29, 1.82) is 0 Å². The van der Waals surface area contributed by atoms with E-state index in [4.69, 9.17) is 30.8 Å². The fourth-order valence-electron chi connectivity index (χ4n) is 7.68. The summed E-state index contributed by atoms with van der Waals surface area (Å²) >= 11 is 8.43. The summed E-state index contributed by atoms with van der Waals surface area (Å²) in [4.78, 5) is 56.7. The fraction of sp³-hybridized carbons (Fsp3) is 0.362. The zero-order valence-electron chi connectivity index (χ0n) is 36.6. The highest BCUT2D eigenvalue weighted by atomic mass is 35.5. The largest absolute Gasteiger partial charge is 0.508 e. The summed E-state index contributed by atoms with van der Waals surface area (Å²) in [6.07, 6.45) is 1.17. The van der Waals surface area contributed by atoms with Gasteiger partial charge in [0.05, 0.1) is 47.5 Å². The monoisotopic (exact) mass is 926 g/mol. The molecule has 3 amide bonds. The van der Waals surface area contributed by atoms with Gasteiger partial charge in [0.25, 0.3) is 0 Å². The second kappa shape index (κ2) is 22.2. The van der Waals surface area contributed by atoms with Gasteiger partial charge in [-0.15, -0.1) is 11.3 Å². The summed E-state index contributed by atoms with van der Waals surface area (Å²) in [5.74, 6) is 0.462. The smallest absolute Gasteiger partial charge is 0.225 e. The Balaban J connectivity index is 0.922. The lowest BCUT2D eigenvalue weighted by atomic mass is 9.96. The number of aromatic hydroxyl groups is 1. The van der Waals surface area contributed by atoms with Crippen molar-refractivity contribution in [3.8, 4) is 33.1 Å². The van der Waals surface area contributed by atoms with E-state index in [1.54, 1.807) is 45.8 Å². The second-order valence-corrected chi connectivity index (χ2v) is 16.7. The van der Waals surface area contributed by atoms with Crippen molar-refractivity contribution >= 4 is 74.6 Å². The van der Waals surface area contributed by atoms with E-state index in [-0.39, 0.29) is 52.6 Å². The molecule has 1 fully saturated rings. The van der Waals surface area contributed by atoms with Crippen molar-refractivity contribution in [2.24, 2.45) is 0 Å². The van der Waals surface area contributed by atoms with Gasteiger partial charge < -0.3 is 44.7 Å². The number of rotatable bonds is 21. The van der Waals surface area contributed by atoms with Gasteiger partial charge in [0, 0.05) is 82.2 Å². The Hall–Kier alpha value is -6.14. The first-order chi connectivity index (χ1) is 31.6. The molecule has 0 aliphatic carbocycles. The standard InChI is InChI=1S/C47H52ClFN8O7S/c1-4-40(60)56-13-15-57(16-14-56)46-37-26-38(48)42(36-25-34(59)23-31-7-5-6-8-35(31)36)43(49)44(37)53-47(54-46)51-12-11-41(61)55(3)17-18-62-19-20-63-21-22-64-39-24-32(45-30(2)52-29-65-45)9-10-33(39)27-50-28-58/h5-10,23-26,28-29,59H,4,11-22,27H2,1-3H3,(H,50,58)(H,51,53,54). The molecule has 6 aromatic rings. The number of ether oxygens (including phenoxy) is 3. The minimum Gasteiger partial charge on any atom is -0.508 e. The van der Waals surface area contributed by atoms with Crippen molar-refractivity contribution in [1.82, 2.24) is 30.1 Å². The van der Waals surface area contributed by atoms with E-state index in [0.29, 0.717) is 113 Å². The van der Waals surface area contributed by atoms with Crippen LogP contribution in [0.25, 0.3) is 43.2 Å². The van der Waals surface area contributed by atoms with Crippen LogP contribution in [0.2, 0.25) is 5.02 Å². The maximum absolute atomic E-state index is 16.9. The van der Waals surface area contributed by atoms with Crippen LogP contribution in [0.15, 0.2) is 66.2 Å². The number of carbonyl (C=O) groups is 3. The molecule has 0 radical (unpaired) electrons. The molecule has 0 bridgehead atoms. The number of carbonyl (C=O) groups excluding carboxylic acids is 3. The zero-order valence-corrected chi connectivity index (χ0v) is 38.1. The number of piperazine rings is 1. The molecular weight excluding hydrogens is 875 g/mol. The molecular formula is C47H52ClFN8O7S. The zero-order chi connectivity index (χ0) is 45.9. The summed E-state index contributed by atoms with van der Waals surface area (Å²) in [5, 5.41) is 18.4. The van der Waals surface area contributed by atoms with Gasteiger partial charge in [0.1, 0.15) is 29.4 Å². The van der Waals surface area contributed by atoms with Gasteiger partial charge >= 0.3 is 0 Å². The van der Waals surface area contributed by atoms with E-state index in [1.165, 1.54) is 6.07 Å². The SMILES string of the molecule is CCC(=O)N1CCN(c2nc(NCCC(=O)N(C)CCOCCOCCOc3cc(-c4scnc4C)ccc3CNC=O)nc3c(F)c(-c4cc(O)cc5ccccc45)c(Cl)cc23)CC1. The van der Waals surface area contributed by atoms with Gasteiger partial charge in [-0.3, -0.25) is 14.4 Å². The Kier molecular flexibility index (Phi) is 16.0. The average molecular weight is 928 g/mol. The van der Waals surface area contributed by atoms with Crippen LogP contribution in [-0.2, 0) is 30.4 Å². The predicted octanol–water partition coefficient (Wildman–Crippen LogP) is 7.06. The van der Waals surface area contributed by atoms with Crippen LogP contribution in [0, 0.1) is 12.7 Å². The third kappa shape index (κ3) is 11.4. The number of nitrogens with one attached hydrogen (secondary N) is 2. The van der Waals surface area contributed by atoms with Gasteiger partial charge in [0.15, 0.2) is 5.82 Å². The van der Waals surface area contributed by atoms with E-state index < -0.39 is 5.82 Å². The Morgan fingerprint density at radius 3 is 2.51 bits per heavy atom. The van der Waals surface area contributed by atoms with Crippen LogP contribution in [0.3, 0.4) is 0 Å². The van der Waals surface area contributed by atoms with Crippen molar-refractivity contribution in [3.63, 3.8) is 0 Å². The van der Waals surface area contributed by atoms with Gasteiger partial charge in [-0.05, 0) is 53.1 Å². The number of amides is 3. The number of phenolic OH excluding ortho intramolecular Hbond substituents is 1. The summed E-state index contributed by atoms with van der Waals surface area (Å²) in [6, 6.07) is 18.0. The number of hydrogen-bond acceptors (Lipinski definition) is 13. The molecule has 1 saturated heterocycles. The molecule has 342 valence electrons. The summed E-state index contributed by atoms with van der Waals surface area (Å²) in [6.45, 7) is 8.15. The third-order valence-corrected chi connectivity index (χ3v) is 12.4. The molecule has 15 nitrogen and oxygen atoms in total. The number of phenols is 1. The highest BCUT2D eigenvalue weighted by Gasteiger charge is 2.27. The minimum absolute atomic E-state index is 0.0268. The van der Waals surface area contributed by atoms with Crippen molar-refractivity contribution in [2.45, 2.75) is 33.2 Å². The van der Waals surface area contributed by atoms with Crippen molar-refractivity contribution in [3.05, 3.63) is 88.3 Å². The van der Waals surface area contributed by atoms with Crippen LogP contribution in [0.5, 0.6) is 11.5 Å². The highest BCUT2D eigenvalue weighted by Crippen LogP contribution is 2.42. The lowest BCUT2D eigenvalue weighted by molar-refractivity contribution is -0.131. The number of halogens is 2. The third-order valence-electron chi connectivity index (χ3n) is 11.1. The van der Waals surface area contributed by atoms with Crippen LogP contribution in [0.1, 0.15) is 31.0 Å². The minimum atomic E-state index is -0.674. The summed E-state index contributed by atoms with van der Waals surface area (Å²) in [7, 11) is 1.70. The van der Waals surface area contributed by atoms with E-state index in [1.807, 2.05) is 61.2 Å². The maximum Gasteiger partial charge on any atom is 0.225 e. The molecule has 3 heterocycles. The lowest BCUT2D eigenvalue weighted by Gasteiger charge is -2.36. The average Bonchev–Trinajstić information content (AvgIpc) is 3.75. The molecule has 0 spiro atoms. The molecule has 4 aromatic carbocycles. The molecule has 0 unspecified atom stereocenters. The van der Waals surface area contributed by atoms with Crippen LogP contribution >= 0.6 is 22.9 Å². The molecule has 7 rings (SSSR count).